The summed E-state index contributed by atoms with van der Waals surface area (Å²) >= 11 is 0. The Kier molecular flexibility index (Phi) is 11.2. The van der Waals surface area contributed by atoms with Crippen molar-refractivity contribution in [3.05, 3.63) is 278 Å². The van der Waals surface area contributed by atoms with Crippen LogP contribution in [0, 0.1) is 0 Å². The van der Waals surface area contributed by atoms with E-state index in [1.54, 1.807) is 0 Å². The Hall–Kier alpha value is -8.72. The molecule has 72 heavy (non-hydrogen) atoms. The van der Waals surface area contributed by atoms with E-state index in [0.717, 1.165) is 22.7 Å². The standard InChI is InChI=1S/C70H54N2/c1-4-16-50(17-5-1)52-28-36-59(37-29-52)71(61-40-34-55(35-41-61)58-23-14-22-57(48-58)51-18-6-2-7-19-51)60-38-30-53(31-39-60)54-32-42-62(43-33-54)72(69-27-15-21-56-20-8-9-24-64(56)69)63-44-45-66-65-25-10-11-26-67(65)70(68(66)49-63)46-12-3-13-47-70/h1-2,4-11,14-45,48-49H,3,12-13,46-47H2. The first-order chi connectivity index (χ1) is 35.7. The quantitative estimate of drug-likeness (QED) is 0.135. The molecule has 1 spiro atoms. The average molecular weight is 923 g/mol. The van der Waals surface area contributed by atoms with Gasteiger partial charge >= 0.3 is 0 Å². The molecular formula is C70H54N2. The van der Waals surface area contributed by atoms with Crippen LogP contribution in [0.2, 0.25) is 0 Å². The summed E-state index contributed by atoms with van der Waals surface area (Å²) in [6.07, 6.45) is 6.27. The van der Waals surface area contributed by atoms with Crippen molar-refractivity contribution >= 4 is 44.9 Å². The molecule has 11 aromatic carbocycles. The van der Waals surface area contributed by atoms with Gasteiger partial charge in [-0.2, -0.15) is 0 Å². The van der Waals surface area contributed by atoms with Gasteiger partial charge in [0.15, 0.2) is 0 Å². The van der Waals surface area contributed by atoms with Crippen LogP contribution < -0.4 is 9.80 Å². The molecule has 0 radical (unpaired) electrons. The van der Waals surface area contributed by atoms with E-state index in [9.17, 15) is 0 Å². The second-order valence-electron chi connectivity index (χ2n) is 19.6. The van der Waals surface area contributed by atoms with Gasteiger partial charge in [-0.1, -0.05) is 213 Å². The number of hydrogen-bond acceptors (Lipinski definition) is 2. The Bertz CT molecular complexity index is 3680. The smallest absolute Gasteiger partial charge is 0.0540 e. The molecule has 11 aromatic rings. The maximum absolute atomic E-state index is 2.53. The van der Waals surface area contributed by atoms with Crippen molar-refractivity contribution in [2.75, 3.05) is 9.80 Å². The Balaban J connectivity index is 0.846. The lowest BCUT2D eigenvalue weighted by atomic mass is 9.68. The van der Waals surface area contributed by atoms with Crippen molar-refractivity contribution < 1.29 is 0 Å². The second-order valence-corrected chi connectivity index (χ2v) is 19.6. The number of anilines is 6. The van der Waals surface area contributed by atoms with E-state index in [4.69, 9.17) is 0 Å². The van der Waals surface area contributed by atoms with Gasteiger partial charge in [-0.3, -0.25) is 0 Å². The van der Waals surface area contributed by atoms with E-state index >= 15 is 0 Å². The summed E-state index contributed by atoms with van der Waals surface area (Å²) in [5.74, 6) is 0. The molecule has 0 saturated heterocycles. The van der Waals surface area contributed by atoms with Gasteiger partial charge in [0.2, 0.25) is 0 Å². The van der Waals surface area contributed by atoms with E-state index in [0.29, 0.717) is 0 Å². The molecule has 2 nitrogen and oxygen atoms in total. The molecular weight excluding hydrogens is 869 g/mol. The van der Waals surface area contributed by atoms with Gasteiger partial charge in [0.25, 0.3) is 0 Å². The molecule has 1 saturated carbocycles. The number of nitrogens with zero attached hydrogens (tertiary/aromatic N) is 2. The molecule has 0 heterocycles. The number of rotatable bonds is 10. The third-order valence-corrected chi connectivity index (χ3v) is 15.5. The molecule has 0 aromatic heterocycles. The Morgan fingerprint density at radius 1 is 0.264 bits per heavy atom. The van der Waals surface area contributed by atoms with Crippen LogP contribution in [0.1, 0.15) is 43.2 Å². The minimum Gasteiger partial charge on any atom is -0.311 e. The summed E-state index contributed by atoms with van der Waals surface area (Å²) in [5, 5.41) is 2.47. The number of benzene rings is 11. The summed E-state index contributed by atoms with van der Waals surface area (Å²) in [4.78, 5) is 4.85. The first-order valence-electron chi connectivity index (χ1n) is 25.6. The largest absolute Gasteiger partial charge is 0.311 e. The van der Waals surface area contributed by atoms with Crippen LogP contribution in [0.3, 0.4) is 0 Å². The van der Waals surface area contributed by atoms with Gasteiger partial charge in [0.1, 0.15) is 0 Å². The molecule has 2 aliphatic rings. The molecule has 0 N–H and O–H groups in total. The predicted octanol–water partition coefficient (Wildman–Crippen LogP) is 19.7. The van der Waals surface area contributed by atoms with Gasteiger partial charge in [0.05, 0.1) is 5.69 Å². The molecule has 344 valence electrons. The number of hydrogen-bond donors (Lipinski definition) is 0. The van der Waals surface area contributed by atoms with E-state index in [-0.39, 0.29) is 5.41 Å². The highest BCUT2D eigenvalue weighted by Gasteiger charge is 2.44. The summed E-state index contributed by atoms with van der Waals surface area (Å²) in [5.41, 5.74) is 22.3. The van der Waals surface area contributed by atoms with E-state index in [2.05, 4.69) is 277 Å². The van der Waals surface area contributed by atoms with Crippen LogP contribution in [0.5, 0.6) is 0 Å². The lowest BCUT2D eigenvalue weighted by Crippen LogP contribution is -2.28. The van der Waals surface area contributed by atoms with Crippen molar-refractivity contribution in [2.45, 2.75) is 37.5 Å². The zero-order valence-corrected chi connectivity index (χ0v) is 40.3. The molecule has 0 bridgehead atoms. The van der Waals surface area contributed by atoms with Gasteiger partial charge in [-0.25, -0.2) is 0 Å². The maximum atomic E-state index is 2.53. The highest BCUT2D eigenvalue weighted by Crippen LogP contribution is 2.57. The van der Waals surface area contributed by atoms with E-state index < -0.39 is 0 Å². The lowest BCUT2D eigenvalue weighted by Gasteiger charge is -2.36. The zero-order valence-electron chi connectivity index (χ0n) is 40.3. The fourth-order valence-electron chi connectivity index (χ4n) is 11.9. The molecule has 1 fully saturated rings. The SMILES string of the molecule is c1ccc(-c2ccc(N(c3ccc(-c4ccc(N(c5ccc6c(c5)C5(CCCCC5)c5ccccc5-6)c5cccc6ccccc56)cc4)cc3)c3ccc(-c4cccc(-c5ccccc5)c4)cc3)cc2)cc1. The maximum Gasteiger partial charge on any atom is 0.0540 e. The molecule has 13 rings (SSSR count). The van der Waals surface area contributed by atoms with Crippen LogP contribution in [-0.2, 0) is 5.41 Å². The summed E-state index contributed by atoms with van der Waals surface area (Å²) in [7, 11) is 0. The molecule has 0 amide bonds. The third-order valence-electron chi connectivity index (χ3n) is 15.5. The average Bonchev–Trinajstić information content (AvgIpc) is 3.72. The summed E-state index contributed by atoms with van der Waals surface area (Å²) in [6, 6.07) is 98.2. The monoisotopic (exact) mass is 922 g/mol. The Morgan fingerprint density at radius 2 is 0.681 bits per heavy atom. The van der Waals surface area contributed by atoms with Crippen molar-refractivity contribution in [2.24, 2.45) is 0 Å². The number of fused-ring (bicyclic) bond motifs is 6. The van der Waals surface area contributed by atoms with Crippen molar-refractivity contribution in [1.82, 2.24) is 0 Å². The van der Waals surface area contributed by atoms with Gasteiger partial charge in [-0.15, -0.1) is 0 Å². The van der Waals surface area contributed by atoms with E-state index in [1.165, 1.54) is 121 Å². The summed E-state index contributed by atoms with van der Waals surface area (Å²) < 4.78 is 0. The third kappa shape index (κ3) is 7.86. The minimum atomic E-state index is 0.0701. The van der Waals surface area contributed by atoms with Gasteiger partial charge in [0, 0.05) is 39.2 Å². The van der Waals surface area contributed by atoms with Gasteiger partial charge in [-0.05, 0) is 158 Å². The normalized spacial score (nSPS) is 13.4. The van der Waals surface area contributed by atoms with Crippen LogP contribution in [0.25, 0.3) is 66.4 Å². The molecule has 2 heteroatoms. The van der Waals surface area contributed by atoms with Crippen LogP contribution in [-0.4, -0.2) is 0 Å². The van der Waals surface area contributed by atoms with Gasteiger partial charge < -0.3 is 9.80 Å². The second kappa shape index (κ2) is 18.6. The van der Waals surface area contributed by atoms with E-state index in [1.807, 2.05) is 0 Å². The predicted molar refractivity (Wildman–Crippen MR) is 304 cm³/mol. The first-order valence-corrected chi connectivity index (χ1v) is 25.6. The lowest BCUT2D eigenvalue weighted by molar-refractivity contribution is 0.353. The highest BCUT2D eigenvalue weighted by molar-refractivity contribution is 5.99. The minimum absolute atomic E-state index is 0.0701. The molecule has 0 aliphatic heterocycles. The summed E-state index contributed by atoms with van der Waals surface area (Å²) in [6.45, 7) is 0. The van der Waals surface area contributed by atoms with Crippen molar-refractivity contribution in [3.8, 4) is 55.6 Å². The fraction of sp³-hybridized carbons (Fsp3) is 0.0857. The van der Waals surface area contributed by atoms with Crippen LogP contribution in [0.15, 0.2) is 267 Å². The highest BCUT2D eigenvalue weighted by atomic mass is 15.1. The molecule has 0 atom stereocenters. The fourth-order valence-corrected chi connectivity index (χ4v) is 11.9. The molecule has 0 unspecified atom stereocenters. The molecule has 2 aliphatic carbocycles. The van der Waals surface area contributed by atoms with Crippen LogP contribution >= 0.6 is 0 Å². The Morgan fingerprint density at radius 3 is 1.28 bits per heavy atom. The topological polar surface area (TPSA) is 6.48 Å². The Labute approximate surface area is 423 Å². The van der Waals surface area contributed by atoms with Crippen molar-refractivity contribution in [3.63, 3.8) is 0 Å². The van der Waals surface area contributed by atoms with Crippen molar-refractivity contribution in [1.29, 1.82) is 0 Å². The van der Waals surface area contributed by atoms with Crippen LogP contribution in [0.4, 0.5) is 34.1 Å². The first kappa shape index (κ1) is 43.3. The zero-order chi connectivity index (χ0) is 47.8.